The number of hydrogen-bond donors (Lipinski definition) is 0. The molecule has 0 saturated carbocycles. The van der Waals surface area contributed by atoms with Crippen molar-refractivity contribution in [3.63, 3.8) is 0 Å². The summed E-state index contributed by atoms with van der Waals surface area (Å²) < 4.78 is 5.83. The summed E-state index contributed by atoms with van der Waals surface area (Å²) in [5.74, 6) is 0.0280. The summed E-state index contributed by atoms with van der Waals surface area (Å²) in [6.45, 7) is 8.12. The zero-order valence-corrected chi connectivity index (χ0v) is 18.0. The first-order valence-corrected chi connectivity index (χ1v) is 10.4. The summed E-state index contributed by atoms with van der Waals surface area (Å²) in [6.07, 6.45) is 4.48. The lowest BCUT2D eigenvalue weighted by Gasteiger charge is -2.32. The van der Waals surface area contributed by atoms with Gasteiger partial charge in [0.25, 0.3) is 0 Å². The Hall–Kier alpha value is -1.32. The molecule has 1 aliphatic carbocycles. The first-order chi connectivity index (χ1) is 12.7. The second-order valence-electron chi connectivity index (χ2n) is 8.04. The molecular formula is C22H28Cl2O3. The van der Waals surface area contributed by atoms with Crippen molar-refractivity contribution in [3.8, 4) is 0 Å². The van der Waals surface area contributed by atoms with Gasteiger partial charge in [0.2, 0.25) is 0 Å². The summed E-state index contributed by atoms with van der Waals surface area (Å²) in [6, 6.07) is 5.08. The van der Waals surface area contributed by atoms with Crippen LogP contribution in [0.1, 0.15) is 71.8 Å². The van der Waals surface area contributed by atoms with Crippen LogP contribution in [-0.4, -0.2) is 11.8 Å². The summed E-state index contributed by atoms with van der Waals surface area (Å²) in [5.41, 5.74) is 0.846. The van der Waals surface area contributed by atoms with Crippen molar-refractivity contribution in [2.24, 2.45) is 11.3 Å². The molecule has 0 amide bonds. The van der Waals surface area contributed by atoms with Crippen molar-refractivity contribution in [2.75, 3.05) is 0 Å². The van der Waals surface area contributed by atoms with Crippen LogP contribution in [0.2, 0.25) is 10.0 Å². The van der Waals surface area contributed by atoms with E-state index in [1.54, 1.807) is 18.2 Å². The Balaban J connectivity index is 2.42. The summed E-state index contributed by atoms with van der Waals surface area (Å²) in [7, 11) is 0. The first-order valence-electron chi connectivity index (χ1n) is 9.62. The Labute approximate surface area is 172 Å². The normalized spacial score (nSPS) is 17.8. The Bertz CT molecular complexity index is 750. The number of rotatable bonds is 7. The van der Waals surface area contributed by atoms with Crippen molar-refractivity contribution < 1.29 is 14.3 Å². The molecule has 1 aromatic rings. The van der Waals surface area contributed by atoms with Crippen LogP contribution in [0.15, 0.2) is 24.0 Å². The van der Waals surface area contributed by atoms with Gasteiger partial charge < -0.3 is 4.74 Å². The van der Waals surface area contributed by atoms with E-state index in [4.69, 9.17) is 27.9 Å². The SMILES string of the molecule is CCCCC(CC)C(=O)OC1=C(c2ccc(Cl)c(Cl)c2)C(=O)CC(C)(C)C1. The predicted molar refractivity (Wildman–Crippen MR) is 111 cm³/mol. The minimum atomic E-state index is -0.252. The number of Topliss-reactive ketones (excluding diaryl/α,β-unsaturated/α-hetero) is 1. The van der Waals surface area contributed by atoms with Crippen molar-refractivity contribution in [2.45, 2.75) is 66.2 Å². The molecule has 0 saturated heterocycles. The fourth-order valence-electron chi connectivity index (χ4n) is 3.47. The summed E-state index contributed by atoms with van der Waals surface area (Å²) in [4.78, 5) is 25.6. The van der Waals surface area contributed by atoms with Gasteiger partial charge in [-0.05, 0) is 36.0 Å². The molecule has 0 spiro atoms. The van der Waals surface area contributed by atoms with Gasteiger partial charge in [-0.15, -0.1) is 0 Å². The topological polar surface area (TPSA) is 43.4 Å². The number of hydrogen-bond acceptors (Lipinski definition) is 3. The molecule has 0 aromatic heterocycles. The van der Waals surface area contributed by atoms with E-state index in [0.717, 1.165) is 25.7 Å². The molecule has 3 nitrogen and oxygen atoms in total. The minimum absolute atomic E-state index is 0.0333. The Morgan fingerprint density at radius 3 is 2.48 bits per heavy atom. The van der Waals surface area contributed by atoms with Crippen molar-refractivity contribution in [1.82, 2.24) is 0 Å². The van der Waals surface area contributed by atoms with E-state index >= 15 is 0 Å². The maximum absolute atomic E-state index is 12.9. The molecule has 1 unspecified atom stereocenters. The molecular weight excluding hydrogens is 383 g/mol. The van der Waals surface area contributed by atoms with Gasteiger partial charge in [0, 0.05) is 12.8 Å². The number of halogens is 2. The maximum atomic E-state index is 12.9. The molecule has 5 heteroatoms. The summed E-state index contributed by atoms with van der Waals surface area (Å²) >= 11 is 12.2. The third-order valence-corrected chi connectivity index (χ3v) is 5.74. The van der Waals surface area contributed by atoms with E-state index in [9.17, 15) is 9.59 Å². The van der Waals surface area contributed by atoms with Gasteiger partial charge >= 0.3 is 5.97 Å². The molecule has 0 bridgehead atoms. The van der Waals surface area contributed by atoms with E-state index in [1.807, 2.05) is 20.8 Å². The molecule has 27 heavy (non-hydrogen) atoms. The van der Waals surface area contributed by atoms with Crippen LogP contribution in [0.25, 0.3) is 5.57 Å². The van der Waals surface area contributed by atoms with Crippen molar-refractivity contribution >= 4 is 40.5 Å². The second-order valence-corrected chi connectivity index (χ2v) is 8.85. The van der Waals surface area contributed by atoms with Crippen LogP contribution in [0.3, 0.4) is 0 Å². The lowest BCUT2D eigenvalue weighted by molar-refractivity contribution is -0.145. The fourth-order valence-corrected chi connectivity index (χ4v) is 3.77. The number of carbonyl (C=O) groups is 2. The van der Waals surface area contributed by atoms with Gasteiger partial charge in [-0.25, -0.2) is 0 Å². The lowest BCUT2D eigenvalue weighted by Crippen LogP contribution is -2.28. The third-order valence-electron chi connectivity index (χ3n) is 5.00. The molecule has 148 valence electrons. The molecule has 2 rings (SSSR count). The first kappa shape index (κ1) is 22.0. The minimum Gasteiger partial charge on any atom is -0.430 e. The molecule has 1 aromatic carbocycles. The number of benzene rings is 1. The number of esters is 1. The third kappa shape index (κ3) is 5.58. The average Bonchev–Trinajstić information content (AvgIpc) is 2.57. The van der Waals surface area contributed by atoms with Gasteiger partial charge in [0.15, 0.2) is 5.78 Å². The number of allylic oxidation sites excluding steroid dienone is 2. The largest absolute Gasteiger partial charge is 0.430 e. The molecule has 0 heterocycles. The zero-order chi connectivity index (χ0) is 20.2. The molecule has 0 N–H and O–H groups in total. The van der Waals surface area contributed by atoms with Gasteiger partial charge in [0.1, 0.15) is 5.76 Å². The molecule has 0 fully saturated rings. The van der Waals surface area contributed by atoms with E-state index in [2.05, 4.69) is 6.92 Å². The number of unbranched alkanes of at least 4 members (excludes halogenated alkanes) is 1. The lowest BCUT2D eigenvalue weighted by atomic mass is 9.75. The van der Waals surface area contributed by atoms with Crippen LogP contribution < -0.4 is 0 Å². The van der Waals surface area contributed by atoms with E-state index < -0.39 is 0 Å². The van der Waals surface area contributed by atoms with Crippen LogP contribution in [0.4, 0.5) is 0 Å². The molecule has 1 atom stereocenters. The van der Waals surface area contributed by atoms with Gasteiger partial charge in [-0.2, -0.15) is 0 Å². The van der Waals surface area contributed by atoms with Gasteiger partial charge in [0.05, 0.1) is 21.5 Å². The van der Waals surface area contributed by atoms with Gasteiger partial charge in [-0.1, -0.05) is 69.8 Å². The van der Waals surface area contributed by atoms with Gasteiger partial charge in [-0.3, -0.25) is 9.59 Å². The highest BCUT2D eigenvalue weighted by Crippen LogP contribution is 2.42. The number of ketones is 1. The molecule has 0 radical (unpaired) electrons. The van der Waals surface area contributed by atoms with Crippen LogP contribution in [0.5, 0.6) is 0 Å². The average molecular weight is 411 g/mol. The number of carbonyl (C=O) groups excluding carboxylic acids is 2. The molecule has 1 aliphatic rings. The standard InChI is InChI=1S/C22H28Cl2O3/c1-5-7-8-14(6-2)21(26)27-19-13-22(3,4)12-18(25)20(19)15-9-10-16(23)17(24)11-15/h9-11,14H,5-8,12-13H2,1-4H3. The van der Waals surface area contributed by atoms with E-state index in [1.165, 1.54) is 0 Å². The molecule has 0 aliphatic heterocycles. The van der Waals surface area contributed by atoms with Crippen LogP contribution in [-0.2, 0) is 14.3 Å². The maximum Gasteiger partial charge on any atom is 0.314 e. The monoisotopic (exact) mass is 410 g/mol. The highest BCUT2D eigenvalue weighted by Gasteiger charge is 2.36. The fraction of sp³-hybridized carbons (Fsp3) is 0.545. The Kier molecular flexibility index (Phi) is 7.53. The van der Waals surface area contributed by atoms with Crippen LogP contribution in [0, 0.1) is 11.3 Å². The highest BCUT2D eigenvalue weighted by atomic mass is 35.5. The van der Waals surface area contributed by atoms with E-state index in [0.29, 0.717) is 39.8 Å². The predicted octanol–water partition coefficient (Wildman–Crippen LogP) is 6.85. The van der Waals surface area contributed by atoms with Crippen molar-refractivity contribution in [3.05, 3.63) is 39.6 Å². The quantitative estimate of drug-likeness (QED) is 0.461. The number of ether oxygens (including phenoxy) is 1. The Morgan fingerprint density at radius 1 is 1.19 bits per heavy atom. The van der Waals surface area contributed by atoms with Crippen molar-refractivity contribution in [1.29, 1.82) is 0 Å². The second kappa shape index (κ2) is 9.25. The smallest absolute Gasteiger partial charge is 0.314 e. The Morgan fingerprint density at radius 2 is 1.89 bits per heavy atom. The van der Waals surface area contributed by atoms with E-state index in [-0.39, 0.29) is 23.1 Å². The van der Waals surface area contributed by atoms with Crippen LogP contribution >= 0.6 is 23.2 Å². The summed E-state index contributed by atoms with van der Waals surface area (Å²) in [5, 5.41) is 0.799. The zero-order valence-electron chi connectivity index (χ0n) is 16.5. The highest BCUT2D eigenvalue weighted by molar-refractivity contribution is 6.42.